The molecule has 0 amide bonds. The van der Waals surface area contributed by atoms with E-state index in [2.05, 4.69) is 0 Å². The third kappa shape index (κ3) is 3.25. The van der Waals surface area contributed by atoms with Crippen LogP contribution in [0.15, 0.2) is 66.7 Å². The Morgan fingerprint density at radius 2 is 1.05 bits per heavy atom. The first-order chi connectivity index (χ1) is 10.1. The molecule has 0 fully saturated rings. The predicted molar refractivity (Wildman–Crippen MR) is 93.5 cm³/mol. The van der Waals surface area contributed by atoms with E-state index in [9.17, 15) is 4.39 Å². The fourth-order valence-electron chi connectivity index (χ4n) is 2.41. The standard InChI is InChI=1S/C20H17F.CH4/c1-14-3-7-16(8-4-14)18-11-12-19(20(21)13-18)17-9-5-15(2)6-10-17;/h3-13H,1-2H3;1H4. The topological polar surface area (TPSA) is 0 Å². The Hall–Kier alpha value is -2.41. The van der Waals surface area contributed by atoms with E-state index in [0.717, 1.165) is 16.7 Å². The van der Waals surface area contributed by atoms with Crippen LogP contribution in [0.3, 0.4) is 0 Å². The molecule has 1 heteroatoms. The lowest BCUT2D eigenvalue weighted by atomic mass is 9.98. The summed E-state index contributed by atoms with van der Waals surface area (Å²) in [4.78, 5) is 0. The molecule has 0 aliphatic carbocycles. The number of halogens is 1. The molecule has 0 aliphatic rings. The second-order valence-electron chi connectivity index (χ2n) is 5.43. The Kier molecular flexibility index (Phi) is 4.77. The molecule has 0 atom stereocenters. The number of benzene rings is 3. The van der Waals surface area contributed by atoms with E-state index in [4.69, 9.17) is 0 Å². The van der Waals surface area contributed by atoms with E-state index in [1.165, 1.54) is 11.1 Å². The highest BCUT2D eigenvalue weighted by Crippen LogP contribution is 2.28. The van der Waals surface area contributed by atoms with Crippen molar-refractivity contribution in [2.75, 3.05) is 0 Å². The van der Waals surface area contributed by atoms with Gasteiger partial charge >= 0.3 is 0 Å². The van der Waals surface area contributed by atoms with Crippen molar-refractivity contribution in [3.05, 3.63) is 83.7 Å². The maximum absolute atomic E-state index is 14.4. The van der Waals surface area contributed by atoms with Gasteiger partial charge in [0.25, 0.3) is 0 Å². The Labute approximate surface area is 132 Å². The van der Waals surface area contributed by atoms with E-state index in [0.29, 0.717) is 5.56 Å². The smallest absolute Gasteiger partial charge is 0.131 e. The molecule has 0 bridgehead atoms. The van der Waals surface area contributed by atoms with Crippen LogP contribution in [-0.2, 0) is 0 Å². The van der Waals surface area contributed by atoms with Crippen LogP contribution in [0.1, 0.15) is 18.6 Å². The SMILES string of the molecule is C.Cc1ccc(-c2ccc(-c3ccc(C)cc3)c(F)c2)cc1. The minimum absolute atomic E-state index is 0. The molecule has 0 saturated heterocycles. The van der Waals surface area contributed by atoms with Crippen LogP contribution in [0.25, 0.3) is 22.3 Å². The van der Waals surface area contributed by atoms with Gasteiger partial charge in [-0.1, -0.05) is 79.2 Å². The summed E-state index contributed by atoms with van der Waals surface area (Å²) in [6, 6.07) is 21.5. The highest BCUT2D eigenvalue weighted by molar-refractivity contribution is 5.71. The molecule has 3 rings (SSSR count). The van der Waals surface area contributed by atoms with Gasteiger partial charge in [-0.05, 0) is 36.6 Å². The zero-order valence-electron chi connectivity index (χ0n) is 12.2. The molecule has 0 N–H and O–H groups in total. The highest BCUT2D eigenvalue weighted by Gasteiger charge is 2.07. The first-order valence-electron chi connectivity index (χ1n) is 7.07. The van der Waals surface area contributed by atoms with Gasteiger partial charge in [0, 0.05) is 5.56 Å². The molecule has 22 heavy (non-hydrogen) atoms. The number of rotatable bonds is 2. The summed E-state index contributed by atoms with van der Waals surface area (Å²) in [6.07, 6.45) is 0. The highest BCUT2D eigenvalue weighted by atomic mass is 19.1. The molecule has 0 nitrogen and oxygen atoms in total. The minimum atomic E-state index is -0.183. The monoisotopic (exact) mass is 292 g/mol. The van der Waals surface area contributed by atoms with Crippen molar-refractivity contribution < 1.29 is 4.39 Å². The number of aryl methyl sites for hydroxylation is 2. The van der Waals surface area contributed by atoms with Gasteiger partial charge in [-0.2, -0.15) is 0 Å². The summed E-state index contributed by atoms with van der Waals surface area (Å²) in [5.41, 5.74) is 5.88. The quantitative estimate of drug-likeness (QED) is 0.511. The van der Waals surface area contributed by atoms with Crippen LogP contribution in [-0.4, -0.2) is 0 Å². The molecule has 0 aliphatic heterocycles. The maximum Gasteiger partial charge on any atom is 0.131 e. The zero-order valence-corrected chi connectivity index (χ0v) is 12.2. The largest absolute Gasteiger partial charge is 0.206 e. The first-order valence-corrected chi connectivity index (χ1v) is 7.07. The molecular formula is C21H21F. The fraction of sp³-hybridized carbons (Fsp3) is 0.143. The summed E-state index contributed by atoms with van der Waals surface area (Å²) in [5.74, 6) is -0.183. The molecule has 112 valence electrons. The molecule has 3 aromatic rings. The average molecular weight is 292 g/mol. The van der Waals surface area contributed by atoms with Gasteiger partial charge in [-0.15, -0.1) is 0 Å². The van der Waals surface area contributed by atoms with E-state index in [1.807, 2.05) is 74.5 Å². The van der Waals surface area contributed by atoms with Crippen molar-refractivity contribution in [2.45, 2.75) is 21.3 Å². The van der Waals surface area contributed by atoms with Crippen LogP contribution in [0.5, 0.6) is 0 Å². The lowest BCUT2D eigenvalue weighted by Gasteiger charge is -2.08. The Morgan fingerprint density at radius 1 is 0.591 bits per heavy atom. The normalized spacial score (nSPS) is 10.1. The zero-order chi connectivity index (χ0) is 14.8. The molecule has 0 radical (unpaired) electrons. The third-order valence-electron chi connectivity index (χ3n) is 3.72. The Balaban J connectivity index is 0.00000176. The predicted octanol–water partition coefficient (Wildman–Crippen LogP) is 6.41. The van der Waals surface area contributed by atoms with Crippen molar-refractivity contribution in [2.24, 2.45) is 0 Å². The summed E-state index contributed by atoms with van der Waals surface area (Å²) in [5, 5.41) is 0. The molecule has 0 spiro atoms. The van der Waals surface area contributed by atoms with E-state index in [-0.39, 0.29) is 13.2 Å². The second kappa shape index (κ2) is 6.57. The maximum atomic E-state index is 14.4. The van der Waals surface area contributed by atoms with Crippen molar-refractivity contribution in [1.82, 2.24) is 0 Å². The molecule has 0 heterocycles. The van der Waals surface area contributed by atoms with E-state index in [1.54, 1.807) is 6.07 Å². The molecule has 0 unspecified atom stereocenters. The van der Waals surface area contributed by atoms with Gasteiger partial charge in [0.2, 0.25) is 0 Å². The van der Waals surface area contributed by atoms with Crippen molar-refractivity contribution >= 4 is 0 Å². The molecule has 0 saturated carbocycles. The number of hydrogen-bond donors (Lipinski definition) is 0. The van der Waals surface area contributed by atoms with Crippen molar-refractivity contribution in [3.63, 3.8) is 0 Å². The molecule has 0 aromatic heterocycles. The fourth-order valence-corrected chi connectivity index (χ4v) is 2.41. The van der Waals surface area contributed by atoms with Gasteiger partial charge in [0.15, 0.2) is 0 Å². The second-order valence-corrected chi connectivity index (χ2v) is 5.43. The van der Waals surface area contributed by atoms with Crippen molar-refractivity contribution in [3.8, 4) is 22.3 Å². The van der Waals surface area contributed by atoms with Crippen LogP contribution in [0.2, 0.25) is 0 Å². The van der Waals surface area contributed by atoms with Crippen LogP contribution in [0.4, 0.5) is 4.39 Å². The summed E-state index contributed by atoms with van der Waals surface area (Å²) < 4.78 is 14.4. The van der Waals surface area contributed by atoms with E-state index >= 15 is 0 Å². The summed E-state index contributed by atoms with van der Waals surface area (Å²) in [7, 11) is 0. The average Bonchev–Trinajstić information content (AvgIpc) is 2.49. The lowest BCUT2D eigenvalue weighted by molar-refractivity contribution is 0.632. The van der Waals surface area contributed by atoms with Crippen LogP contribution < -0.4 is 0 Å². The van der Waals surface area contributed by atoms with Crippen LogP contribution in [0, 0.1) is 19.7 Å². The van der Waals surface area contributed by atoms with Gasteiger partial charge in [-0.25, -0.2) is 4.39 Å². The van der Waals surface area contributed by atoms with Crippen LogP contribution >= 0.6 is 0 Å². The Morgan fingerprint density at radius 3 is 1.55 bits per heavy atom. The van der Waals surface area contributed by atoms with Gasteiger partial charge in [0.05, 0.1) is 0 Å². The molecular weight excluding hydrogens is 271 g/mol. The summed E-state index contributed by atoms with van der Waals surface area (Å²) in [6.45, 7) is 4.07. The molecule has 3 aromatic carbocycles. The number of hydrogen-bond acceptors (Lipinski definition) is 0. The Bertz CT molecular complexity index is 753. The first kappa shape index (κ1) is 16.0. The van der Waals surface area contributed by atoms with Gasteiger partial charge < -0.3 is 0 Å². The van der Waals surface area contributed by atoms with Crippen molar-refractivity contribution in [1.29, 1.82) is 0 Å². The van der Waals surface area contributed by atoms with Gasteiger partial charge in [0.1, 0.15) is 5.82 Å². The van der Waals surface area contributed by atoms with E-state index < -0.39 is 0 Å². The third-order valence-corrected chi connectivity index (χ3v) is 3.72. The lowest BCUT2D eigenvalue weighted by Crippen LogP contribution is -1.87. The minimum Gasteiger partial charge on any atom is -0.206 e. The summed E-state index contributed by atoms with van der Waals surface area (Å²) >= 11 is 0. The van der Waals surface area contributed by atoms with Gasteiger partial charge in [-0.3, -0.25) is 0 Å².